The van der Waals surface area contributed by atoms with E-state index in [-0.39, 0.29) is 0 Å². The quantitative estimate of drug-likeness (QED) is 0.865. The Hall–Kier alpha value is -1.84. The van der Waals surface area contributed by atoms with E-state index in [0.717, 1.165) is 21.9 Å². The van der Waals surface area contributed by atoms with Crippen LogP contribution in [-0.4, -0.2) is 15.6 Å². The van der Waals surface area contributed by atoms with Gasteiger partial charge in [0.1, 0.15) is 0 Å². The van der Waals surface area contributed by atoms with E-state index >= 15 is 0 Å². The molecule has 1 heterocycles. The molecule has 1 atom stereocenters. The van der Waals surface area contributed by atoms with E-state index in [1.165, 1.54) is 6.20 Å². The van der Waals surface area contributed by atoms with Gasteiger partial charge in [0.25, 0.3) is 6.30 Å². The van der Waals surface area contributed by atoms with E-state index in [1.54, 1.807) is 6.07 Å². The van der Waals surface area contributed by atoms with Gasteiger partial charge >= 0.3 is 5.97 Å². The molecular weight excluding hydrogens is 209 g/mol. The topological polar surface area (TPSA) is 42.2 Å². The summed E-state index contributed by atoms with van der Waals surface area (Å²) in [5.74, 6) is -1.47. The number of benzene rings is 1. The molecule has 3 nitrogen and oxygen atoms in total. The lowest BCUT2D eigenvalue weighted by molar-refractivity contribution is -0.146. The first kappa shape index (κ1) is 10.7. The van der Waals surface area contributed by atoms with E-state index in [2.05, 4.69) is 0 Å². The second-order valence-corrected chi connectivity index (χ2v) is 3.61. The SMILES string of the molecule is CCc1cccc2ccn(C(F)C(=O)O)c12. The van der Waals surface area contributed by atoms with Crippen molar-refractivity contribution in [1.82, 2.24) is 4.57 Å². The summed E-state index contributed by atoms with van der Waals surface area (Å²) in [5, 5.41) is 9.55. The summed E-state index contributed by atoms with van der Waals surface area (Å²) in [7, 11) is 0. The van der Waals surface area contributed by atoms with Crippen LogP contribution in [0.1, 0.15) is 18.8 Å². The van der Waals surface area contributed by atoms with Gasteiger partial charge in [0.2, 0.25) is 0 Å². The van der Waals surface area contributed by atoms with Gasteiger partial charge in [-0.25, -0.2) is 9.18 Å². The predicted molar refractivity (Wildman–Crippen MR) is 59.1 cm³/mol. The van der Waals surface area contributed by atoms with Crippen LogP contribution in [0.5, 0.6) is 0 Å². The van der Waals surface area contributed by atoms with Crippen molar-refractivity contribution in [2.24, 2.45) is 0 Å². The third kappa shape index (κ3) is 1.56. The summed E-state index contributed by atoms with van der Waals surface area (Å²) in [6.07, 6.45) is 0.196. The normalized spacial score (nSPS) is 12.9. The first-order valence-corrected chi connectivity index (χ1v) is 5.10. The standard InChI is InChI=1S/C12H12FNO2/c1-2-8-4-3-5-9-6-7-14(10(8)9)11(13)12(15)16/h3-7,11H,2H2,1H3,(H,15,16). The second-order valence-electron chi connectivity index (χ2n) is 3.61. The Kier molecular flexibility index (Phi) is 2.64. The van der Waals surface area contributed by atoms with E-state index < -0.39 is 12.3 Å². The zero-order chi connectivity index (χ0) is 11.7. The Morgan fingerprint density at radius 1 is 1.50 bits per heavy atom. The second kappa shape index (κ2) is 3.96. The molecule has 0 saturated carbocycles. The van der Waals surface area contributed by atoms with Crippen LogP contribution in [0, 0.1) is 0 Å². The zero-order valence-electron chi connectivity index (χ0n) is 8.85. The van der Waals surface area contributed by atoms with Crippen LogP contribution in [-0.2, 0) is 11.2 Å². The smallest absolute Gasteiger partial charge is 0.359 e. The summed E-state index contributed by atoms with van der Waals surface area (Å²) in [6.45, 7) is 1.96. The number of aliphatic carboxylic acids is 1. The number of aryl methyl sites for hydroxylation is 1. The Labute approximate surface area is 92.1 Å². The number of carboxylic acids is 1. The molecule has 16 heavy (non-hydrogen) atoms. The van der Waals surface area contributed by atoms with E-state index in [1.807, 2.05) is 25.1 Å². The molecule has 2 rings (SSSR count). The first-order chi connectivity index (χ1) is 7.65. The molecule has 0 aliphatic carbocycles. The van der Waals surface area contributed by atoms with Gasteiger partial charge < -0.3 is 9.67 Å². The van der Waals surface area contributed by atoms with Gasteiger partial charge in [-0.3, -0.25) is 0 Å². The minimum absolute atomic E-state index is 0.667. The summed E-state index contributed by atoms with van der Waals surface area (Å²) >= 11 is 0. The van der Waals surface area contributed by atoms with Gasteiger partial charge in [-0.1, -0.05) is 25.1 Å². The highest BCUT2D eigenvalue weighted by Crippen LogP contribution is 2.25. The van der Waals surface area contributed by atoms with Gasteiger partial charge in [0.15, 0.2) is 0 Å². The fourth-order valence-corrected chi connectivity index (χ4v) is 1.89. The predicted octanol–water partition coefficient (Wildman–Crippen LogP) is 2.76. The zero-order valence-corrected chi connectivity index (χ0v) is 8.85. The van der Waals surface area contributed by atoms with Gasteiger partial charge in [0.05, 0.1) is 5.52 Å². The molecule has 2 aromatic rings. The lowest BCUT2D eigenvalue weighted by Gasteiger charge is -2.09. The molecule has 84 valence electrons. The average Bonchev–Trinajstić information content (AvgIpc) is 2.71. The van der Waals surface area contributed by atoms with E-state index in [0.29, 0.717) is 5.52 Å². The van der Waals surface area contributed by atoms with Crippen molar-refractivity contribution in [1.29, 1.82) is 0 Å². The molecule has 0 aliphatic heterocycles. The van der Waals surface area contributed by atoms with Crippen LogP contribution in [0.4, 0.5) is 4.39 Å². The molecule has 0 saturated heterocycles. The van der Waals surface area contributed by atoms with Crippen molar-refractivity contribution in [3.05, 3.63) is 36.0 Å². The van der Waals surface area contributed by atoms with Gasteiger partial charge in [-0.2, -0.15) is 0 Å². The van der Waals surface area contributed by atoms with Crippen LogP contribution < -0.4 is 0 Å². The molecule has 0 amide bonds. The third-order valence-electron chi connectivity index (χ3n) is 2.65. The number of fused-ring (bicyclic) bond motifs is 1. The fourth-order valence-electron chi connectivity index (χ4n) is 1.89. The minimum atomic E-state index is -2.02. The highest BCUT2D eigenvalue weighted by molar-refractivity contribution is 5.85. The van der Waals surface area contributed by atoms with E-state index in [4.69, 9.17) is 5.11 Å². The van der Waals surface area contributed by atoms with Crippen molar-refractivity contribution in [3.8, 4) is 0 Å². The number of hydrogen-bond donors (Lipinski definition) is 1. The molecule has 4 heteroatoms. The molecule has 0 radical (unpaired) electrons. The van der Waals surface area contributed by atoms with Crippen LogP contribution in [0.3, 0.4) is 0 Å². The molecule has 0 spiro atoms. The largest absolute Gasteiger partial charge is 0.478 e. The fraction of sp³-hybridized carbons (Fsp3) is 0.250. The van der Waals surface area contributed by atoms with E-state index in [9.17, 15) is 9.18 Å². The number of nitrogens with zero attached hydrogens (tertiary/aromatic N) is 1. The Morgan fingerprint density at radius 3 is 2.88 bits per heavy atom. The number of halogens is 1. The first-order valence-electron chi connectivity index (χ1n) is 5.10. The minimum Gasteiger partial charge on any atom is -0.478 e. The Morgan fingerprint density at radius 2 is 2.25 bits per heavy atom. The lowest BCUT2D eigenvalue weighted by atomic mass is 10.1. The highest BCUT2D eigenvalue weighted by atomic mass is 19.1. The van der Waals surface area contributed by atoms with Crippen LogP contribution in [0.25, 0.3) is 10.9 Å². The number of alkyl halides is 1. The van der Waals surface area contributed by atoms with Crippen molar-refractivity contribution in [2.45, 2.75) is 19.6 Å². The van der Waals surface area contributed by atoms with Crippen molar-refractivity contribution >= 4 is 16.9 Å². The maximum Gasteiger partial charge on any atom is 0.359 e. The maximum absolute atomic E-state index is 13.5. The number of aromatic nitrogens is 1. The number of carboxylic acid groups (broad SMARTS) is 1. The number of para-hydroxylation sites is 1. The number of hydrogen-bond acceptors (Lipinski definition) is 1. The molecule has 1 aromatic carbocycles. The van der Waals surface area contributed by atoms with Gasteiger partial charge in [-0.05, 0) is 23.4 Å². The molecule has 0 fully saturated rings. The highest BCUT2D eigenvalue weighted by Gasteiger charge is 2.20. The monoisotopic (exact) mass is 221 g/mol. The number of carbonyl (C=O) groups is 1. The summed E-state index contributed by atoms with van der Waals surface area (Å²) in [6, 6.07) is 7.34. The maximum atomic E-state index is 13.5. The summed E-state index contributed by atoms with van der Waals surface area (Å²) in [5.41, 5.74) is 1.62. The average molecular weight is 221 g/mol. The van der Waals surface area contributed by atoms with Crippen LogP contribution >= 0.6 is 0 Å². The Balaban J connectivity index is 2.67. The molecular formula is C12H12FNO2. The molecule has 1 unspecified atom stereocenters. The molecule has 0 bridgehead atoms. The summed E-state index contributed by atoms with van der Waals surface area (Å²) in [4.78, 5) is 10.6. The summed E-state index contributed by atoms with van der Waals surface area (Å²) < 4.78 is 14.7. The molecule has 1 N–H and O–H groups in total. The lowest BCUT2D eigenvalue weighted by Crippen LogP contribution is -2.13. The van der Waals surface area contributed by atoms with Crippen molar-refractivity contribution in [2.75, 3.05) is 0 Å². The van der Waals surface area contributed by atoms with Gasteiger partial charge in [0, 0.05) is 6.20 Å². The third-order valence-corrected chi connectivity index (χ3v) is 2.65. The molecule has 1 aromatic heterocycles. The number of rotatable bonds is 3. The van der Waals surface area contributed by atoms with Gasteiger partial charge in [-0.15, -0.1) is 0 Å². The van der Waals surface area contributed by atoms with Crippen LogP contribution in [0.15, 0.2) is 30.5 Å². The Bertz CT molecular complexity index is 533. The molecule has 0 aliphatic rings. The van der Waals surface area contributed by atoms with Crippen LogP contribution in [0.2, 0.25) is 0 Å². The van der Waals surface area contributed by atoms with Crippen molar-refractivity contribution in [3.63, 3.8) is 0 Å². The van der Waals surface area contributed by atoms with Crippen molar-refractivity contribution < 1.29 is 14.3 Å².